The van der Waals surface area contributed by atoms with Crippen LogP contribution in [0.4, 0.5) is 9.52 Å². The van der Waals surface area contributed by atoms with Crippen LogP contribution in [0.15, 0.2) is 60.2 Å². The maximum absolute atomic E-state index is 13.6. The first kappa shape index (κ1) is 24.5. The van der Waals surface area contributed by atoms with Crippen molar-refractivity contribution < 1.29 is 28.6 Å². The summed E-state index contributed by atoms with van der Waals surface area (Å²) in [6, 6.07) is 13.0. The number of hydrogen-bond acceptors (Lipinski definition) is 7. The van der Waals surface area contributed by atoms with Gasteiger partial charge in [-0.05, 0) is 61.4 Å². The first-order valence-corrected chi connectivity index (χ1v) is 12.2. The number of hydrogen-bond donors (Lipinski definition) is 1. The van der Waals surface area contributed by atoms with Crippen molar-refractivity contribution in [1.82, 2.24) is 4.98 Å². The third-order valence-corrected chi connectivity index (χ3v) is 7.32. The first-order chi connectivity index (χ1) is 17.7. The molecular weight excluding hydrogens is 495 g/mol. The summed E-state index contributed by atoms with van der Waals surface area (Å²) in [5.41, 5.74) is 3.18. The molecule has 2 heterocycles. The summed E-state index contributed by atoms with van der Waals surface area (Å²) in [5, 5.41) is 11.6. The van der Waals surface area contributed by atoms with Crippen molar-refractivity contribution in [2.24, 2.45) is 0 Å². The molecule has 37 heavy (non-hydrogen) atoms. The molecular formula is C28H23FN2O5S. The maximum atomic E-state index is 13.6. The van der Waals surface area contributed by atoms with Crippen molar-refractivity contribution in [3.63, 3.8) is 0 Å². The molecule has 0 unspecified atom stereocenters. The Labute approximate surface area is 216 Å². The van der Waals surface area contributed by atoms with Crippen molar-refractivity contribution >= 4 is 44.1 Å². The third kappa shape index (κ3) is 4.01. The van der Waals surface area contributed by atoms with Crippen LogP contribution in [0, 0.1) is 19.7 Å². The van der Waals surface area contributed by atoms with E-state index in [-0.39, 0.29) is 11.1 Å². The molecule has 5 rings (SSSR count). The molecule has 188 valence electrons. The van der Waals surface area contributed by atoms with Crippen molar-refractivity contribution in [3.8, 4) is 11.5 Å². The molecule has 9 heteroatoms. The molecule has 0 bridgehead atoms. The molecule has 4 aromatic rings. The van der Waals surface area contributed by atoms with Crippen LogP contribution in [0.3, 0.4) is 0 Å². The number of amides is 1. The van der Waals surface area contributed by atoms with Crippen molar-refractivity contribution in [2.45, 2.75) is 19.9 Å². The molecule has 1 aliphatic heterocycles. The van der Waals surface area contributed by atoms with Crippen molar-refractivity contribution in [1.29, 1.82) is 0 Å². The van der Waals surface area contributed by atoms with Gasteiger partial charge in [-0.2, -0.15) is 0 Å². The van der Waals surface area contributed by atoms with E-state index < -0.39 is 29.3 Å². The minimum absolute atomic E-state index is 0.157. The molecule has 0 aliphatic carbocycles. The zero-order chi connectivity index (χ0) is 26.4. The molecule has 1 aromatic heterocycles. The summed E-state index contributed by atoms with van der Waals surface area (Å²) in [4.78, 5) is 33.0. The number of para-hydroxylation sites is 1. The lowest BCUT2D eigenvalue weighted by molar-refractivity contribution is -0.132. The van der Waals surface area contributed by atoms with Crippen LogP contribution < -0.4 is 14.4 Å². The van der Waals surface area contributed by atoms with Crippen molar-refractivity contribution in [2.75, 3.05) is 19.1 Å². The number of ketones is 1. The fourth-order valence-corrected chi connectivity index (χ4v) is 5.84. The predicted octanol–water partition coefficient (Wildman–Crippen LogP) is 5.70. The van der Waals surface area contributed by atoms with Gasteiger partial charge in [0.2, 0.25) is 0 Å². The van der Waals surface area contributed by atoms with Gasteiger partial charge in [0.25, 0.3) is 5.78 Å². The zero-order valence-electron chi connectivity index (χ0n) is 20.5. The molecule has 0 spiro atoms. The van der Waals surface area contributed by atoms with Gasteiger partial charge < -0.3 is 14.6 Å². The third-order valence-electron chi connectivity index (χ3n) is 6.31. The predicted molar refractivity (Wildman–Crippen MR) is 140 cm³/mol. The molecule has 1 amide bonds. The summed E-state index contributed by atoms with van der Waals surface area (Å²) < 4.78 is 25.5. The lowest BCUT2D eigenvalue weighted by Gasteiger charge is -2.25. The van der Waals surface area contributed by atoms with Gasteiger partial charge in [-0.3, -0.25) is 14.5 Å². The lowest BCUT2D eigenvalue weighted by atomic mass is 9.94. The average molecular weight is 519 g/mol. The highest BCUT2D eigenvalue weighted by atomic mass is 32.1. The standard InChI is InChI=1S/C28H23FN2O5S/c1-14-12-15(2)22-20(13-14)37-28(30-22)31-23(18-6-5-7-19(35-3)26(18)36-4)21(25(33)27(31)34)24(32)16-8-10-17(29)11-9-16/h5-13,23,32H,1-4H3/t23-/m1/s1. The Morgan fingerprint density at radius 1 is 1.05 bits per heavy atom. The largest absolute Gasteiger partial charge is 0.507 e. The second-order valence-electron chi connectivity index (χ2n) is 8.68. The molecule has 1 aliphatic rings. The van der Waals surface area contributed by atoms with Crippen LogP contribution in [0.5, 0.6) is 11.5 Å². The number of halogens is 1. The maximum Gasteiger partial charge on any atom is 0.301 e. The summed E-state index contributed by atoms with van der Waals surface area (Å²) in [6.07, 6.45) is 0. The summed E-state index contributed by atoms with van der Waals surface area (Å²) in [6.45, 7) is 3.91. The SMILES string of the molecule is COc1cccc([C@@H]2C(=C(O)c3ccc(F)cc3)C(=O)C(=O)N2c2nc3c(C)cc(C)cc3s2)c1OC. The number of benzene rings is 3. The number of carbonyl (C=O) groups excluding carboxylic acids is 2. The van der Waals surface area contributed by atoms with E-state index in [0.29, 0.717) is 22.2 Å². The number of carbonyl (C=O) groups is 2. The Bertz CT molecular complexity index is 1590. The summed E-state index contributed by atoms with van der Waals surface area (Å²) >= 11 is 1.28. The Hall–Kier alpha value is -4.24. The number of aliphatic hydroxyl groups is 1. The van der Waals surface area contributed by atoms with E-state index in [9.17, 15) is 19.1 Å². The van der Waals surface area contributed by atoms with Crippen LogP contribution in [0.25, 0.3) is 16.0 Å². The van der Waals surface area contributed by atoms with Gasteiger partial charge in [0.15, 0.2) is 16.6 Å². The van der Waals surface area contributed by atoms with Crippen molar-refractivity contribution in [3.05, 3.63) is 88.2 Å². The number of aromatic nitrogens is 1. The topological polar surface area (TPSA) is 89.0 Å². The van der Waals surface area contributed by atoms with Gasteiger partial charge in [0.1, 0.15) is 17.6 Å². The normalized spacial score (nSPS) is 17.0. The van der Waals surface area contributed by atoms with Crippen LogP contribution in [0.1, 0.15) is 28.3 Å². The van der Waals surface area contributed by atoms with E-state index in [1.165, 1.54) is 54.7 Å². The van der Waals surface area contributed by atoms with Crippen LogP contribution in [0.2, 0.25) is 0 Å². The number of anilines is 1. The molecule has 1 fully saturated rings. The Morgan fingerprint density at radius 2 is 1.78 bits per heavy atom. The van der Waals surface area contributed by atoms with Gasteiger partial charge in [0, 0.05) is 11.1 Å². The number of nitrogens with zero attached hydrogens (tertiary/aromatic N) is 2. The van der Waals surface area contributed by atoms with E-state index in [0.717, 1.165) is 21.3 Å². The molecule has 1 atom stereocenters. The average Bonchev–Trinajstić information content (AvgIpc) is 3.42. The highest BCUT2D eigenvalue weighted by Gasteiger charge is 2.49. The number of ether oxygens (including phenoxy) is 2. The number of Topliss-reactive ketones (excluding diaryl/α,β-unsaturated/α-hetero) is 1. The molecule has 7 nitrogen and oxygen atoms in total. The molecule has 0 radical (unpaired) electrons. The summed E-state index contributed by atoms with van der Waals surface area (Å²) in [7, 11) is 2.94. The number of rotatable bonds is 5. The number of thiazole rings is 1. The van der Waals surface area contributed by atoms with Gasteiger partial charge in [-0.25, -0.2) is 9.37 Å². The van der Waals surface area contributed by atoms with E-state index in [2.05, 4.69) is 0 Å². The number of aryl methyl sites for hydroxylation is 2. The highest BCUT2D eigenvalue weighted by molar-refractivity contribution is 7.22. The Balaban J connectivity index is 1.80. The molecule has 0 saturated carbocycles. The van der Waals surface area contributed by atoms with Gasteiger partial charge in [0.05, 0.1) is 30.0 Å². The van der Waals surface area contributed by atoms with Crippen LogP contribution >= 0.6 is 11.3 Å². The smallest absolute Gasteiger partial charge is 0.301 e. The van der Waals surface area contributed by atoms with Gasteiger partial charge in [-0.1, -0.05) is 29.5 Å². The minimum atomic E-state index is -1.07. The van der Waals surface area contributed by atoms with E-state index in [1.54, 1.807) is 18.2 Å². The highest BCUT2D eigenvalue weighted by Crippen LogP contribution is 2.48. The summed E-state index contributed by atoms with van der Waals surface area (Å²) in [5.74, 6) is -1.95. The van der Waals surface area contributed by atoms with Crippen LogP contribution in [-0.2, 0) is 9.59 Å². The Kier molecular flexibility index (Phi) is 6.16. The number of aliphatic hydroxyl groups excluding tert-OH is 1. The fraction of sp³-hybridized carbons (Fsp3) is 0.179. The first-order valence-electron chi connectivity index (χ1n) is 11.4. The van der Waals surface area contributed by atoms with E-state index >= 15 is 0 Å². The van der Waals surface area contributed by atoms with Gasteiger partial charge >= 0.3 is 5.91 Å². The molecule has 1 N–H and O–H groups in total. The number of methoxy groups -OCH3 is 2. The molecule has 3 aromatic carbocycles. The molecule has 1 saturated heterocycles. The lowest BCUT2D eigenvalue weighted by Crippen LogP contribution is -2.29. The van der Waals surface area contributed by atoms with E-state index in [4.69, 9.17) is 14.5 Å². The second-order valence-corrected chi connectivity index (χ2v) is 9.69. The zero-order valence-corrected chi connectivity index (χ0v) is 21.4. The van der Waals surface area contributed by atoms with E-state index in [1.807, 2.05) is 26.0 Å². The quantitative estimate of drug-likeness (QED) is 0.207. The minimum Gasteiger partial charge on any atom is -0.507 e. The number of fused-ring (bicyclic) bond motifs is 1. The van der Waals surface area contributed by atoms with Crippen LogP contribution in [-0.4, -0.2) is 36.0 Å². The monoisotopic (exact) mass is 518 g/mol. The fourth-order valence-electron chi connectivity index (χ4n) is 4.68. The van der Waals surface area contributed by atoms with Gasteiger partial charge in [-0.15, -0.1) is 0 Å². The Morgan fingerprint density at radius 3 is 2.46 bits per heavy atom. The second kappa shape index (κ2) is 9.33.